The summed E-state index contributed by atoms with van der Waals surface area (Å²) in [5.41, 5.74) is 0. The molecule has 1 saturated heterocycles. The first kappa shape index (κ1) is 12.0. The highest BCUT2D eigenvalue weighted by Gasteiger charge is 2.26. The Morgan fingerprint density at radius 2 is 2.06 bits per heavy atom. The van der Waals surface area contributed by atoms with E-state index >= 15 is 0 Å². The van der Waals surface area contributed by atoms with Gasteiger partial charge in [-0.2, -0.15) is 0 Å². The molecule has 6 heteroatoms. The van der Waals surface area contributed by atoms with Crippen LogP contribution < -0.4 is 0 Å². The number of hydrogen-bond acceptors (Lipinski definition) is 4. The van der Waals surface area contributed by atoms with Crippen molar-refractivity contribution in [3.63, 3.8) is 0 Å². The van der Waals surface area contributed by atoms with E-state index in [1.807, 2.05) is 4.90 Å². The topological polar surface area (TPSA) is 65.1 Å². The van der Waals surface area contributed by atoms with Crippen molar-refractivity contribution in [3.8, 4) is 0 Å². The molecule has 1 fully saturated rings. The zero-order valence-corrected chi connectivity index (χ0v) is 10.6. The van der Waals surface area contributed by atoms with Gasteiger partial charge in [-0.25, -0.2) is 4.98 Å². The third kappa shape index (κ3) is 2.63. The predicted molar refractivity (Wildman–Crippen MR) is 63.7 cm³/mol. The first-order valence-electron chi connectivity index (χ1n) is 5.92. The number of amides is 1. The molecule has 0 unspecified atom stereocenters. The van der Waals surface area contributed by atoms with Gasteiger partial charge in [0.1, 0.15) is 5.82 Å². The fourth-order valence-electron chi connectivity index (χ4n) is 2.17. The first-order valence-corrected chi connectivity index (χ1v) is 5.92. The quantitative estimate of drug-likeness (QED) is 0.802. The van der Waals surface area contributed by atoms with Crippen molar-refractivity contribution in [2.75, 3.05) is 27.2 Å². The molecule has 0 atom stereocenters. The van der Waals surface area contributed by atoms with Crippen molar-refractivity contribution in [1.82, 2.24) is 25.0 Å². The molecular weight excluding hydrogens is 218 g/mol. The Labute approximate surface area is 101 Å². The van der Waals surface area contributed by atoms with Gasteiger partial charge in [0.15, 0.2) is 0 Å². The summed E-state index contributed by atoms with van der Waals surface area (Å²) in [5.74, 6) is 0.897. The molecule has 1 amide bonds. The minimum absolute atomic E-state index is 0.0634. The Balaban J connectivity index is 1.95. The summed E-state index contributed by atoms with van der Waals surface area (Å²) in [4.78, 5) is 20.2. The number of carbonyl (C=O) groups excluding carboxylic acids is 1. The minimum Gasteiger partial charge on any atom is -0.336 e. The van der Waals surface area contributed by atoms with Gasteiger partial charge >= 0.3 is 0 Å². The number of hydrogen-bond donors (Lipinski definition) is 1. The van der Waals surface area contributed by atoms with E-state index in [-0.39, 0.29) is 11.7 Å². The van der Waals surface area contributed by atoms with Crippen molar-refractivity contribution < 1.29 is 4.79 Å². The molecule has 1 aliphatic rings. The third-order valence-corrected chi connectivity index (χ3v) is 3.27. The Kier molecular flexibility index (Phi) is 3.42. The average molecular weight is 237 g/mol. The van der Waals surface area contributed by atoms with Crippen LogP contribution in [0.1, 0.15) is 29.3 Å². The van der Waals surface area contributed by atoms with Gasteiger partial charge < -0.3 is 9.80 Å². The SMILES string of the molecule is Cc1nc(C(=O)N2CCC(N(C)C)CC2)n[nH]1. The van der Waals surface area contributed by atoms with Crippen molar-refractivity contribution in [2.24, 2.45) is 0 Å². The predicted octanol–water partition coefficient (Wildman–Crippen LogP) is 0.279. The number of rotatable bonds is 2. The molecule has 0 bridgehead atoms. The van der Waals surface area contributed by atoms with Crippen molar-refractivity contribution >= 4 is 5.91 Å². The number of aryl methyl sites for hydroxylation is 1. The largest absolute Gasteiger partial charge is 0.336 e. The van der Waals surface area contributed by atoms with Gasteiger partial charge in [-0.05, 0) is 33.9 Å². The van der Waals surface area contributed by atoms with Crippen LogP contribution in [0.4, 0.5) is 0 Å². The highest BCUT2D eigenvalue weighted by molar-refractivity contribution is 5.90. The molecule has 17 heavy (non-hydrogen) atoms. The lowest BCUT2D eigenvalue weighted by Gasteiger charge is -2.34. The lowest BCUT2D eigenvalue weighted by Crippen LogP contribution is -2.44. The molecule has 6 nitrogen and oxygen atoms in total. The van der Waals surface area contributed by atoms with E-state index in [9.17, 15) is 4.79 Å². The van der Waals surface area contributed by atoms with Crippen LogP contribution in [0, 0.1) is 6.92 Å². The number of carbonyl (C=O) groups is 1. The van der Waals surface area contributed by atoms with E-state index in [0.29, 0.717) is 11.9 Å². The maximum atomic E-state index is 12.1. The molecule has 0 radical (unpaired) electrons. The zero-order valence-electron chi connectivity index (χ0n) is 10.6. The standard InChI is InChI=1S/C11H19N5O/c1-8-12-10(14-13-8)11(17)16-6-4-9(5-7-16)15(2)3/h9H,4-7H2,1-3H3,(H,12,13,14). The Morgan fingerprint density at radius 1 is 1.41 bits per heavy atom. The van der Waals surface area contributed by atoms with Gasteiger partial charge in [-0.3, -0.25) is 9.89 Å². The summed E-state index contributed by atoms with van der Waals surface area (Å²) in [6, 6.07) is 0.577. The van der Waals surface area contributed by atoms with Crippen LogP contribution in [-0.4, -0.2) is 64.1 Å². The molecule has 1 N–H and O–H groups in total. The van der Waals surface area contributed by atoms with Crippen LogP contribution in [0.2, 0.25) is 0 Å². The summed E-state index contributed by atoms with van der Waals surface area (Å²) in [6.45, 7) is 3.37. The van der Waals surface area contributed by atoms with E-state index in [4.69, 9.17) is 0 Å². The first-order chi connectivity index (χ1) is 8.08. The summed E-state index contributed by atoms with van der Waals surface area (Å²) >= 11 is 0. The Morgan fingerprint density at radius 3 is 2.53 bits per heavy atom. The second-order valence-corrected chi connectivity index (χ2v) is 4.73. The zero-order chi connectivity index (χ0) is 12.4. The van der Waals surface area contributed by atoms with Crippen LogP contribution in [-0.2, 0) is 0 Å². The van der Waals surface area contributed by atoms with Crippen LogP contribution >= 0.6 is 0 Å². The van der Waals surface area contributed by atoms with E-state index in [1.165, 1.54) is 0 Å². The van der Waals surface area contributed by atoms with Crippen molar-refractivity contribution in [2.45, 2.75) is 25.8 Å². The number of aromatic nitrogens is 3. The van der Waals surface area contributed by atoms with Gasteiger partial charge in [-0.1, -0.05) is 0 Å². The number of nitrogens with one attached hydrogen (secondary N) is 1. The average Bonchev–Trinajstić information content (AvgIpc) is 2.75. The molecular formula is C11H19N5O. The number of H-pyrrole nitrogens is 1. The summed E-state index contributed by atoms with van der Waals surface area (Å²) in [5, 5.41) is 6.61. The van der Waals surface area contributed by atoms with E-state index in [2.05, 4.69) is 34.2 Å². The fourth-order valence-corrected chi connectivity index (χ4v) is 2.17. The highest BCUT2D eigenvalue weighted by Crippen LogP contribution is 2.15. The molecule has 0 aromatic carbocycles. The van der Waals surface area contributed by atoms with E-state index in [0.717, 1.165) is 25.9 Å². The lowest BCUT2D eigenvalue weighted by atomic mass is 10.0. The van der Waals surface area contributed by atoms with Crippen LogP contribution in [0.25, 0.3) is 0 Å². The molecule has 0 aliphatic carbocycles. The summed E-state index contributed by atoms with van der Waals surface area (Å²) < 4.78 is 0. The second kappa shape index (κ2) is 4.83. The van der Waals surface area contributed by atoms with Crippen LogP contribution in [0.15, 0.2) is 0 Å². The molecule has 1 aromatic rings. The van der Waals surface area contributed by atoms with Gasteiger partial charge in [0.05, 0.1) is 0 Å². The second-order valence-electron chi connectivity index (χ2n) is 4.73. The van der Waals surface area contributed by atoms with E-state index < -0.39 is 0 Å². The molecule has 1 aromatic heterocycles. The molecule has 1 aliphatic heterocycles. The van der Waals surface area contributed by atoms with Crippen molar-refractivity contribution in [1.29, 1.82) is 0 Å². The maximum Gasteiger partial charge on any atom is 0.293 e. The van der Waals surface area contributed by atoms with Gasteiger partial charge in [0.25, 0.3) is 5.91 Å². The van der Waals surface area contributed by atoms with E-state index in [1.54, 1.807) is 6.92 Å². The normalized spacial score (nSPS) is 17.8. The minimum atomic E-state index is -0.0634. The Hall–Kier alpha value is -1.43. The summed E-state index contributed by atoms with van der Waals surface area (Å²) in [6.07, 6.45) is 2.03. The fraction of sp³-hybridized carbons (Fsp3) is 0.727. The maximum absolute atomic E-state index is 12.1. The van der Waals surface area contributed by atoms with Gasteiger partial charge in [-0.15, -0.1) is 5.10 Å². The molecule has 0 spiro atoms. The smallest absolute Gasteiger partial charge is 0.293 e. The van der Waals surface area contributed by atoms with Crippen LogP contribution in [0.5, 0.6) is 0 Å². The van der Waals surface area contributed by atoms with Gasteiger partial charge in [0.2, 0.25) is 5.82 Å². The Bertz CT molecular complexity index is 392. The molecule has 2 heterocycles. The molecule has 2 rings (SSSR count). The number of piperidine rings is 1. The highest BCUT2D eigenvalue weighted by atomic mass is 16.2. The monoisotopic (exact) mass is 237 g/mol. The van der Waals surface area contributed by atoms with Crippen molar-refractivity contribution in [3.05, 3.63) is 11.6 Å². The molecule has 94 valence electrons. The number of nitrogens with zero attached hydrogens (tertiary/aromatic N) is 4. The third-order valence-electron chi connectivity index (χ3n) is 3.27. The van der Waals surface area contributed by atoms with Crippen LogP contribution in [0.3, 0.4) is 0 Å². The number of likely N-dealkylation sites (tertiary alicyclic amines) is 1. The summed E-state index contributed by atoms with van der Waals surface area (Å²) in [7, 11) is 4.17. The lowest BCUT2D eigenvalue weighted by molar-refractivity contribution is 0.0651. The molecule has 0 saturated carbocycles. The number of aromatic amines is 1. The van der Waals surface area contributed by atoms with Gasteiger partial charge in [0, 0.05) is 19.1 Å².